The van der Waals surface area contributed by atoms with Crippen molar-refractivity contribution >= 4 is 17.4 Å². The van der Waals surface area contributed by atoms with Gasteiger partial charge >= 0.3 is 0 Å². The molecule has 0 aliphatic carbocycles. The predicted molar refractivity (Wildman–Crippen MR) is 99.6 cm³/mol. The van der Waals surface area contributed by atoms with Crippen LogP contribution in [-0.2, 0) is 4.79 Å². The van der Waals surface area contributed by atoms with Crippen LogP contribution in [0.25, 0.3) is 0 Å². The molecule has 1 unspecified atom stereocenters. The van der Waals surface area contributed by atoms with Crippen molar-refractivity contribution in [2.75, 3.05) is 13.1 Å². The van der Waals surface area contributed by atoms with Crippen LogP contribution < -0.4 is 0 Å². The van der Waals surface area contributed by atoms with Crippen LogP contribution in [0, 0.1) is 5.82 Å². The largest absolute Gasteiger partial charge is 0.300 e. The Morgan fingerprint density at radius 3 is 2.40 bits per heavy atom. The monoisotopic (exact) mass is 359 g/mol. The molecular formula is C21H23ClFNO. The first-order valence-corrected chi connectivity index (χ1v) is 9.17. The molecule has 2 aromatic carbocycles. The summed E-state index contributed by atoms with van der Waals surface area (Å²) in [6.45, 7) is 3.82. The summed E-state index contributed by atoms with van der Waals surface area (Å²) < 4.78 is 13.8. The topological polar surface area (TPSA) is 20.3 Å². The number of rotatable bonds is 5. The van der Waals surface area contributed by atoms with E-state index in [1.165, 1.54) is 6.07 Å². The summed E-state index contributed by atoms with van der Waals surface area (Å²) in [5.41, 5.74) is 2.11. The van der Waals surface area contributed by atoms with Gasteiger partial charge in [-0.2, -0.15) is 0 Å². The van der Waals surface area contributed by atoms with Gasteiger partial charge in [0, 0.05) is 42.9 Å². The third kappa shape index (κ3) is 4.68. The minimum atomic E-state index is -0.215. The van der Waals surface area contributed by atoms with Crippen LogP contribution in [0.3, 0.4) is 0 Å². The minimum absolute atomic E-state index is 0.0978. The van der Waals surface area contributed by atoms with Crippen LogP contribution >= 0.6 is 11.6 Å². The molecule has 1 fully saturated rings. The second kappa shape index (κ2) is 8.11. The first-order chi connectivity index (χ1) is 12.0. The Hall–Kier alpha value is -1.71. The van der Waals surface area contributed by atoms with Gasteiger partial charge in [0.2, 0.25) is 0 Å². The normalized spacial score (nSPS) is 18.1. The molecule has 0 N–H and O–H groups in total. The van der Waals surface area contributed by atoms with E-state index in [0.717, 1.165) is 30.6 Å². The number of carbonyl (C=O) groups is 1. The van der Waals surface area contributed by atoms with Crippen LogP contribution in [0.4, 0.5) is 4.39 Å². The number of nitrogens with zero attached hydrogens (tertiary/aromatic N) is 1. The number of likely N-dealkylation sites (tertiary alicyclic amines) is 1. The first kappa shape index (κ1) is 18.1. The number of hydrogen-bond donors (Lipinski definition) is 0. The van der Waals surface area contributed by atoms with Crippen LogP contribution in [0.2, 0.25) is 5.02 Å². The molecule has 4 heteroatoms. The van der Waals surface area contributed by atoms with Crippen molar-refractivity contribution in [3.63, 3.8) is 0 Å². The van der Waals surface area contributed by atoms with Gasteiger partial charge in [0.25, 0.3) is 0 Å². The van der Waals surface area contributed by atoms with Crippen LogP contribution in [0.1, 0.15) is 43.2 Å². The van der Waals surface area contributed by atoms with Crippen molar-refractivity contribution in [2.45, 2.75) is 38.1 Å². The number of halogens is 2. The molecule has 3 rings (SSSR count). The molecule has 1 heterocycles. The number of benzene rings is 2. The van der Waals surface area contributed by atoms with E-state index in [-0.39, 0.29) is 11.7 Å². The average Bonchev–Trinajstić information content (AvgIpc) is 2.61. The molecule has 2 atom stereocenters. The summed E-state index contributed by atoms with van der Waals surface area (Å²) in [5, 5.41) is 0.698. The van der Waals surface area contributed by atoms with Gasteiger partial charge in [-0.1, -0.05) is 35.9 Å². The molecule has 0 radical (unpaired) electrons. The summed E-state index contributed by atoms with van der Waals surface area (Å²) in [4.78, 5) is 13.8. The summed E-state index contributed by atoms with van der Waals surface area (Å²) in [5.74, 6) is 0.233. The van der Waals surface area contributed by atoms with Gasteiger partial charge in [-0.15, -0.1) is 0 Å². The fraction of sp³-hybridized carbons (Fsp3) is 0.381. The lowest BCUT2D eigenvalue weighted by Crippen LogP contribution is -2.40. The summed E-state index contributed by atoms with van der Waals surface area (Å²) >= 11 is 6.03. The Morgan fingerprint density at radius 2 is 1.76 bits per heavy atom. The van der Waals surface area contributed by atoms with Gasteiger partial charge in [-0.3, -0.25) is 9.69 Å². The van der Waals surface area contributed by atoms with Gasteiger partial charge < -0.3 is 0 Å². The molecular weight excluding hydrogens is 337 g/mol. The maximum Gasteiger partial charge on any atom is 0.135 e. The van der Waals surface area contributed by atoms with E-state index in [0.29, 0.717) is 29.7 Å². The molecule has 0 aromatic heterocycles. The zero-order valence-corrected chi connectivity index (χ0v) is 15.2. The number of Topliss-reactive ketones (excluding diaryl/α,β-unsaturated/α-hetero) is 1. The smallest absolute Gasteiger partial charge is 0.135 e. The lowest BCUT2D eigenvalue weighted by Gasteiger charge is -2.34. The van der Waals surface area contributed by atoms with E-state index >= 15 is 0 Å². The highest BCUT2D eigenvalue weighted by Gasteiger charge is 2.25. The Kier molecular flexibility index (Phi) is 5.87. The van der Waals surface area contributed by atoms with E-state index < -0.39 is 0 Å². The molecule has 0 amide bonds. The van der Waals surface area contributed by atoms with E-state index in [2.05, 4.69) is 11.8 Å². The average molecular weight is 360 g/mol. The molecule has 132 valence electrons. The fourth-order valence-electron chi connectivity index (χ4n) is 3.59. The maximum atomic E-state index is 13.8. The molecule has 1 aliphatic rings. The van der Waals surface area contributed by atoms with Crippen LogP contribution in [-0.4, -0.2) is 29.8 Å². The van der Waals surface area contributed by atoms with E-state index in [4.69, 9.17) is 11.6 Å². The predicted octanol–water partition coefficient (Wildman–Crippen LogP) is 5.05. The molecule has 2 aromatic rings. The van der Waals surface area contributed by atoms with Crippen molar-refractivity contribution in [3.8, 4) is 0 Å². The molecule has 0 saturated carbocycles. The van der Waals surface area contributed by atoms with Gasteiger partial charge in [0.05, 0.1) is 0 Å². The number of piperidine rings is 1. The third-order valence-electron chi connectivity index (χ3n) is 5.08. The Morgan fingerprint density at radius 1 is 1.08 bits per heavy atom. The summed E-state index contributed by atoms with van der Waals surface area (Å²) in [6.07, 6.45) is 2.14. The van der Waals surface area contributed by atoms with Gasteiger partial charge in [0.1, 0.15) is 11.6 Å². The molecule has 0 spiro atoms. The fourth-order valence-corrected chi connectivity index (χ4v) is 3.71. The first-order valence-electron chi connectivity index (χ1n) is 8.79. The molecule has 1 saturated heterocycles. The third-order valence-corrected chi connectivity index (χ3v) is 5.33. The molecule has 25 heavy (non-hydrogen) atoms. The highest BCUT2D eigenvalue weighted by Crippen LogP contribution is 2.32. The van der Waals surface area contributed by atoms with Crippen molar-refractivity contribution in [1.82, 2.24) is 4.90 Å². The minimum Gasteiger partial charge on any atom is -0.300 e. The molecule has 1 aliphatic heterocycles. The van der Waals surface area contributed by atoms with Crippen LogP contribution in [0.15, 0.2) is 48.5 Å². The molecule has 0 bridgehead atoms. The summed E-state index contributed by atoms with van der Waals surface area (Å²) in [7, 11) is 0. The standard InChI is InChI=1S/C21H23ClFNO/c1-15(24-11-9-20(25)10-12-24)13-21(16-5-7-18(22)8-6-16)17-3-2-4-19(23)14-17/h2-8,14-15,21H,9-13H2,1H3/t15-,21?/m1/s1. The van der Waals surface area contributed by atoms with Gasteiger partial charge in [-0.25, -0.2) is 4.39 Å². The number of hydrogen-bond acceptors (Lipinski definition) is 2. The molecule has 2 nitrogen and oxygen atoms in total. The lowest BCUT2D eigenvalue weighted by molar-refractivity contribution is -0.121. The second-order valence-electron chi connectivity index (χ2n) is 6.82. The zero-order valence-electron chi connectivity index (χ0n) is 14.4. The van der Waals surface area contributed by atoms with Crippen molar-refractivity contribution < 1.29 is 9.18 Å². The Bertz CT molecular complexity index is 721. The van der Waals surface area contributed by atoms with Gasteiger partial charge in [-0.05, 0) is 48.7 Å². The lowest BCUT2D eigenvalue weighted by atomic mass is 9.85. The van der Waals surface area contributed by atoms with E-state index in [1.54, 1.807) is 12.1 Å². The maximum absolute atomic E-state index is 13.8. The van der Waals surface area contributed by atoms with Crippen molar-refractivity contribution in [3.05, 3.63) is 70.5 Å². The van der Waals surface area contributed by atoms with Gasteiger partial charge in [0.15, 0.2) is 0 Å². The number of ketones is 1. The Labute approximate surface area is 153 Å². The zero-order chi connectivity index (χ0) is 17.8. The van der Waals surface area contributed by atoms with Crippen LogP contribution in [0.5, 0.6) is 0 Å². The highest BCUT2D eigenvalue weighted by molar-refractivity contribution is 6.30. The van der Waals surface area contributed by atoms with E-state index in [1.807, 2.05) is 30.3 Å². The SMILES string of the molecule is C[C@H](CC(c1ccc(Cl)cc1)c1cccc(F)c1)N1CCC(=O)CC1. The Balaban J connectivity index is 1.83. The highest BCUT2D eigenvalue weighted by atomic mass is 35.5. The van der Waals surface area contributed by atoms with Crippen molar-refractivity contribution in [1.29, 1.82) is 0 Å². The second-order valence-corrected chi connectivity index (χ2v) is 7.25. The number of carbonyl (C=O) groups excluding carboxylic acids is 1. The van der Waals surface area contributed by atoms with Crippen molar-refractivity contribution in [2.24, 2.45) is 0 Å². The van der Waals surface area contributed by atoms with E-state index in [9.17, 15) is 9.18 Å². The quantitative estimate of drug-likeness (QED) is 0.744. The summed E-state index contributed by atoms with van der Waals surface area (Å²) in [6, 6.07) is 15.0.